The minimum atomic E-state index is -1.22. The molecule has 1 aliphatic rings. The lowest BCUT2D eigenvalue weighted by molar-refractivity contribution is -0.142. The van der Waals surface area contributed by atoms with E-state index in [1.165, 1.54) is 12.5 Å². The molecule has 0 saturated carbocycles. The van der Waals surface area contributed by atoms with Crippen molar-refractivity contribution in [3.8, 4) is 0 Å². The van der Waals surface area contributed by atoms with E-state index in [1.54, 1.807) is 0 Å². The van der Waals surface area contributed by atoms with E-state index < -0.39 is 35.9 Å². The molecule has 214 valence electrons. The van der Waals surface area contributed by atoms with Gasteiger partial charge < -0.3 is 36.3 Å². The van der Waals surface area contributed by atoms with Gasteiger partial charge in [-0.1, -0.05) is 38.5 Å². The maximum absolute atomic E-state index is 13.7. The lowest BCUT2D eigenvalue weighted by Crippen LogP contribution is -2.59. The molecule has 4 rings (SSSR count). The van der Waals surface area contributed by atoms with E-state index in [2.05, 4.69) is 36.2 Å². The zero-order chi connectivity index (χ0) is 28.6. The van der Waals surface area contributed by atoms with E-state index in [0.717, 1.165) is 29.4 Å². The molecule has 12 heteroatoms. The summed E-state index contributed by atoms with van der Waals surface area (Å²) < 4.78 is 0. The van der Waals surface area contributed by atoms with Gasteiger partial charge in [0.2, 0.25) is 17.7 Å². The van der Waals surface area contributed by atoms with Crippen molar-refractivity contribution in [3.05, 3.63) is 54.2 Å². The number of aromatic amines is 2. The number of amides is 3. The van der Waals surface area contributed by atoms with Crippen molar-refractivity contribution in [1.29, 1.82) is 0 Å². The number of hydrogen-bond acceptors (Lipinski definition) is 6. The van der Waals surface area contributed by atoms with Gasteiger partial charge in [-0.15, -0.1) is 0 Å². The molecule has 1 fully saturated rings. The number of carboxylic acid groups (broad SMARTS) is 1. The van der Waals surface area contributed by atoms with Gasteiger partial charge in [0.05, 0.1) is 12.4 Å². The molecular weight excluding hydrogens is 514 g/mol. The van der Waals surface area contributed by atoms with Crippen LogP contribution in [0.4, 0.5) is 0 Å². The molecule has 1 aromatic carbocycles. The van der Waals surface area contributed by atoms with Crippen LogP contribution >= 0.6 is 0 Å². The Bertz CT molecular complexity index is 1320. The Morgan fingerprint density at radius 3 is 2.52 bits per heavy atom. The number of rotatable bonds is 13. The van der Waals surface area contributed by atoms with Crippen LogP contribution in [-0.2, 0) is 32.0 Å². The summed E-state index contributed by atoms with van der Waals surface area (Å²) in [5, 5.41) is 22.1. The molecule has 1 saturated heterocycles. The number of aliphatic carboxylic acids is 1. The smallest absolute Gasteiger partial charge is 0.326 e. The Kier molecular flexibility index (Phi) is 9.54. The third-order valence-electron chi connectivity index (χ3n) is 7.50. The Morgan fingerprint density at radius 2 is 1.85 bits per heavy atom. The number of nitrogens with zero attached hydrogens (tertiary/aromatic N) is 1. The second-order valence-electron chi connectivity index (χ2n) is 10.3. The summed E-state index contributed by atoms with van der Waals surface area (Å²) in [5.41, 5.74) is 2.32. The summed E-state index contributed by atoms with van der Waals surface area (Å²) in [6, 6.07) is 4.13. The number of carbonyl (C=O) groups excluding carboxylic acids is 3. The largest absolute Gasteiger partial charge is 0.480 e. The highest BCUT2D eigenvalue weighted by Crippen LogP contribution is 2.20. The molecule has 0 aliphatic carbocycles. The fourth-order valence-corrected chi connectivity index (χ4v) is 4.94. The maximum Gasteiger partial charge on any atom is 0.326 e. The van der Waals surface area contributed by atoms with Crippen LogP contribution in [0.1, 0.15) is 44.4 Å². The van der Waals surface area contributed by atoms with Gasteiger partial charge in [-0.05, 0) is 36.9 Å². The van der Waals surface area contributed by atoms with Crippen molar-refractivity contribution in [2.75, 3.05) is 6.54 Å². The Morgan fingerprint density at radius 1 is 1.05 bits per heavy atom. The maximum atomic E-state index is 13.7. The number of aromatic nitrogens is 3. The third-order valence-corrected chi connectivity index (χ3v) is 7.50. The van der Waals surface area contributed by atoms with E-state index in [9.17, 15) is 24.3 Å². The molecule has 3 heterocycles. The molecule has 5 atom stereocenters. The van der Waals surface area contributed by atoms with Crippen molar-refractivity contribution < 1.29 is 24.3 Å². The zero-order valence-electron chi connectivity index (χ0n) is 22.7. The molecule has 3 aromatic rings. The Hall–Kier alpha value is -4.19. The Balaban J connectivity index is 1.53. The first-order valence-electron chi connectivity index (χ1n) is 13.7. The van der Waals surface area contributed by atoms with Crippen LogP contribution < -0.4 is 21.3 Å². The van der Waals surface area contributed by atoms with Crippen molar-refractivity contribution in [1.82, 2.24) is 36.2 Å². The molecule has 0 bridgehead atoms. The molecule has 0 radical (unpaired) electrons. The summed E-state index contributed by atoms with van der Waals surface area (Å²) >= 11 is 0. The minimum Gasteiger partial charge on any atom is -0.480 e. The van der Waals surface area contributed by atoms with Crippen LogP contribution in [0.3, 0.4) is 0 Å². The second kappa shape index (κ2) is 13.2. The summed E-state index contributed by atoms with van der Waals surface area (Å²) in [6.07, 6.45) is 7.07. The van der Waals surface area contributed by atoms with Gasteiger partial charge in [0.25, 0.3) is 0 Å². The van der Waals surface area contributed by atoms with Crippen LogP contribution in [0.15, 0.2) is 43.0 Å². The molecule has 7 N–H and O–H groups in total. The fraction of sp³-hybridized carbons (Fsp3) is 0.464. The summed E-state index contributed by atoms with van der Waals surface area (Å²) in [7, 11) is 0. The molecule has 12 nitrogen and oxygen atoms in total. The third kappa shape index (κ3) is 7.06. The van der Waals surface area contributed by atoms with Gasteiger partial charge in [0.15, 0.2) is 0 Å². The highest BCUT2D eigenvalue weighted by molar-refractivity contribution is 5.95. The molecule has 0 spiro atoms. The lowest BCUT2D eigenvalue weighted by atomic mass is 9.96. The summed E-state index contributed by atoms with van der Waals surface area (Å²) in [6.45, 7) is 4.43. The first kappa shape index (κ1) is 28.8. The van der Waals surface area contributed by atoms with Gasteiger partial charge >= 0.3 is 5.97 Å². The minimum absolute atomic E-state index is 0.00980. The number of imidazole rings is 1. The van der Waals surface area contributed by atoms with E-state index in [1.807, 2.05) is 44.3 Å². The van der Waals surface area contributed by atoms with Gasteiger partial charge in [0.1, 0.15) is 18.1 Å². The molecule has 5 unspecified atom stereocenters. The van der Waals surface area contributed by atoms with Gasteiger partial charge in [-0.3, -0.25) is 14.4 Å². The van der Waals surface area contributed by atoms with E-state index in [0.29, 0.717) is 18.5 Å². The average molecular weight is 552 g/mol. The van der Waals surface area contributed by atoms with E-state index in [4.69, 9.17) is 0 Å². The molecule has 2 aromatic heterocycles. The topological polar surface area (TPSA) is 181 Å². The number of nitrogens with one attached hydrogen (secondary N) is 6. The number of para-hydroxylation sites is 1. The predicted molar refractivity (Wildman–Crippen MR) is 148 cm³/mol. The Labute approximate surface area is 232 Å². The van der Waals surface area contributed by atoms with E-state index >= 15 is 0 Å². The number of carbonyl (C=O) groups is 4. The molecule has 40 heavy (non-hydrogen) atoms. The van der Waals surface area contributed by atoms with Crippen molar-refractivity contribution in [2.45, 2.75) is 70.1 Å². The highest BCUT2D eigenvalue weighted by atomic mass is 16.4. The monoisotopic (exact) mass is 551 g/mol. The van der Waals surface area contributed by atoms with Gasteiger partial charge in [-0.2, -0.15) is 0 Å². The normalized spacial score (nSPS) is 18.0. The first-order chi connectivity index (χ1) is 19.3. The SMILES string of the molecule is CCC(C)C(NC(=O)C(Cc1c[nH]c2ccccc12)NC(=O)C1CCCN1)C(=O)NC(Cc1cnc[nH]1)C(=O)O. The zero-order valence-corrected chi connectivity index (χ0v) is 22.7. The second-order valence-corrected chi connectivity index (χ2v) is 10.3. The van der Waals surface area contributed by atoms with Crippen molar-refractivity contribution >= 4 is 34.6 Å². The first-order valence-corrected chi connectivity index (χ1v) is 13.7. The summed E-state index contributed by atoms with van der Waals surface area (Å²) in [5.74, 6) is -2.90. The van der Waals surface area contributed by atoms with Crippen molar-refractivity contribution in [2.24, 2.45) is 5.92 Å². The van der Waals surface area contributed by atoms with Crippen LogP contribution in [0.25, 0.3) is 10.9 Å². The van der Waals surface area contributed by atoms with Crippen LogP contribution in [-0.4, -0.2) is 74.5 Å². The number of hydrogen-bond donors (Lipinski definition) is 7. The van der Waals surface area contributed by atoms with Crippen molar-refractivity contribution in [3.63, 3.8) is 0 Å². The van der Waals surface area contributed by atoms with Gasteiger partial charge in [0, 0.05) is 41.8 Å². The predicted octanol–water partition coefficient (Wildman–Crippen LogP) is 1.01. The summed E-state index contributed by atoms with van der Waals surface area (Å²) in [4.78, 5) is 61.9. The quantitative estimate of drug-likeness (QED) is 0.165. The standard InChI is InChI=1S/C28H37N7O5/c1-3-16(2)24(27(38)34-23(28(39)40)12-18-14-29-15-32-18)35-26(37)22(33-25(36)21-9-6-10-30-21)11-17-13-31-20-8-5-4-7-19(17)20/h4-5,7-8,13-16,21-24,30-31H,3,6,9-12H2,1-2H3,(H,29,32)(H,33,36)(H,34,38)(H,35,37)(H,39,40). The molecular formula is C28H37N7O5. The molecule has 3 amide bonds. The fourth-order valence-electron chi connectivity index (χ4n) is 4.94. The highest BCUT2D eigenvalue weighted by Gasteiger charge is 2.34. The van der Waals surface area contributed by atoms with Crippen LogP contribution in [0.2, 0.25) is 0 Å². The number of carboxylic acids is 1. The van der Waals surface area contributed by atoms with Crippen LogP contribution in [0, 0.1) is 5.92 Å². The van der Waals surface area contributed by atoms with E-state index in [-0.39, 0.29) is 30.7 Å². The lowest BCUT2D eigenvalue weighted by Gasteiger charge is -2.28. The van der Waals surface area contributed by atoms with Crippen LogP contribution in [0.5, 0.6) is 0 Å². The van der Waals surface area contributed by atoms with Gasteiger partial charge in [-0.25, -0.2) is 9.78 Å². The number of benzene rings is 1. The number of fused-ring (bicyclic) bond motifs is 1. The average Bonchev–Trinajstić information content (AvgIpc) is 3.73. The number of H-pyrrole nitrogens is 2. The molecule has 1 aliphatic heterocycles.